The number of benzene rings is 3. The molecule has 1 atom stereocenters. The van der Waals surface area contributed by atoms with Gasteiger partial charge in [0.2, 0.25) is 0 Å². The van der Waals surface area contributed by atoms with Gasteiger partial charge in [0.1, 0.15) is 10.8 Å². The summed E-state index contributed by atoms with van der Waals surface area (Å²) < 4.78 is 19.0. The fraction of sp³-hybridized carbons (Fsp3) is 0.417. The van der Waals surface area contributed by atoms with Crippen LogP contribution < -0.4 is 14.2 Å². The van der Waals surface area contributed by atoms with Crippen molar-refractivity contribution in [2.45, 2.75) is 31.7 Å². The van der Waals surface area contributed by atoms with Crippen LogP contribution in [0.5, 0.6) is 17.2 Å². The molecule has 0 radical (unpaired) electrons. The van der Waals surface area contributed by atoms with Gasteiger partial charge in [-0.25, -0.2) is 4.98 Å². The summed E-state index contributed by atoms with van der Waals surface area (Å²) in [6.45, 7) is 8.37. The molecule has 0 N–H and O–H groups in total. The summed E-state index contributed by atoms with van der Waals surface area (Å²) in [5.74, 6) is 2.16. The second-order valence-electron chi connectivity index (χ2n) is 12.1. The maximum absolute atomic E-state index is 13.1. The van der Waals surface area contributed by atoms with Crippen LogP contribution in [-0.4, -0.2) is 104 Å². The summed E-state index contributed by atoms with van der Waals surface area (Å²) in [5, 5.41) is 1.04. The second-order valence-corrected chi connectivity index (χ2v) is 13.1. The molecule has 10 heteroatoms. The van der Waals surface area contributed by atoms with E-state index in [0.717, 1.165) is 93.3 Å². The fourth-order valence-corrected chi connectivity index (χ4v) is 7.47. The predicted octanol–water partition coefficient (Wildman–Crippen LogP) is 6.15. The standard InChI is InChI=1S/C36H41N5O4S/c1-43-32-23-29-31(37-25-27-7-4-16-41(27)36(29)42)24-33(32)45-22-6-15-40-19-17-39(18-20-40)14-5-21-44-28-12-10-26(11-13-28)35-38-30-8-2-3-9-34(30)46-35/h2-3,8-13,23-25,27H,4-7,14-22H2,1H3. The van der Waals surface area contributed by atoms with E-state index in [4.69, 9.17) is 19.2 Å². The molecule has 3 aromatic carbocycles. The Morgan fingerprint density at radius 3 is 2.35 bits per heavy atom. The maximum Gasteiger partial charge on any atom is 0.256 e. The van der Waals surface area contributed by atoms with Gasteiger partial charge in [0.25, 0.3) is 5.91 Å². The van der Waals surface area contributed by atoms with E-state index in [9.17, 15) is 4.79 Å². The molecule has 4 aromatic rings. The van der Waals surface area contributed by atoms with Gasteiger partial charge in [0.15, 0.2) is 11.5 Å². The van der Waals surface area contributed by atoms with Crippen molar-refractivity contribution in [3.05, 3.63) is 66.2 Å². The highest BCUT2D eigenvalue weighted by molar-refractivity contribution is 7.21. The van der Waals surface area contributed by atoms with Gasteiger partial charge >= 0.3 is 0 Å². The molecule has 3 aliphatic heterocycles. The zero-order valence-electron chi connectivity index (χ0n) is 26.4. The number of fused-ring (bicyclic) bond motifs is 3. The van der Waals surface area contributed by atoms with Crippen LogP contribution in [0.4, 0.5) is 5.69 Å². The number of aliphatic imine (C=N–C) groups is 1. The Morgan fingerprint density at radius 2 is 1.61 bits per heavy atom. The first-order valence-electron chi connectivity index (χ1n) is 16.4. The lowest BCUT2D eigenvalue weighted by Crippen LogP contribution is -2.47. The number of piperazine rings is 1. The third-order valence-electron chi connectivity index (χ3n) is 9.08. The van der Waals surface area contributed by atoms with E-state index in [1.165, 1.54) is 4.70 Å². The molecule has 0 saturated carbocycles. The van der Waals surface area contributed by atoms with E-state index in [1.54, 1.807) is 24.5 Å². The third kappa shape index (κ3) is 6.89. The molecule has 240 valence electrons. The van der Waals surface area contributed by atoms with Crippen LogP contribution >= 0.6 is 11.3 Å². The summed E-state index contributed by atoms with van der Waals surface area (Å²) in [4.78, 5) is 29.4. The zero-order chi connectivity index (χ0) is 31.3. The Kier molecular flexibility index (Phi) is 9.46. The van der Waals surface area contributed by atoms with Crippen LogP contribution in [0.2, 0.25) is 0 Å². The van der Waals surface area contributed by atoms with E-state index < -0.39 is 0 Å². The Morgan fingerprint density at radius 1 is 0.870 bits per heavy atom. The molecule has 0 aliphatic carbocycles. The van der Waals surface area contributed by atoms with Crippen molar-refractivity contribution in [2.75, 3.05) is 66.1 Å². The fourth-order valence-electron chi connectivity index (χ4n) is 6.49. The Balaban J connectivity index is 0.799. The highest BCUT2D eigenvalue weighted by Gasteiger charge is 2.32. The number of nitrogens with zero attached hydrogens (tertiary/aromatic N) is 5. The van der Waals surface area contributed by atoms with Crippen LogP contribution in [0.1, 0.15) is 36.0 Å². The van der Waals surface area contributed by atoms with E-state index >= 15 is 0 Å². The van der Waals surface area contributed by atoms with E-state index in [-0.39, 0.29) is 11.9 Å². The van der Waals surface area contributed by atoms with Gasteiger partial charge in [0, 0.05) is 63.7 Å². The van der Waals surface area contributed by atoms with Gasteiger partial charge in [0.05, 0.1) is 47.8 Å². The number of ether oxygens (including phenoxy) is 3. The highest BCUT2D eigenvalue weighted by atomic mass is 32.1. The van der Waals surface area contributed by atoms with Crippen molar-refractivity contribution in [2.24, 2.45) is 4.99 Å². The summed E-state index contributed by atoms with van der Waals surface area (Å²) in [6.07, 6.45) is 5.82. The Bertz CT molecular complexity index is 1650. The lowest BCUT2D eigenvalue weighted by atomic mass is 10.1. The van der Waals surface area contributed by atoms with Crippen LogP contribution in [-0.2, 0) is 0 Å². The molecule has 2 saturated heterocycles. The summed E-state index contributed by atoms with van der Waals surface area (Å²) >= 11 is 1.72. The number of rotatable bonds is 12. The number of amides is 1. The molecule has 3 aliphatic rings. The molecule has 46 heavy (non-hydrogen) atoms. The highest BCUT2D eigenvalue weighted by Crippen LogP contribution is 2.38. The molecule has 1 aromatic heterocycles. The third-order valence-corrected chi connectivity index (χ3v) is 10.2. The lowest BCUT2D eigenvalue weighted by molar-refractivity contribution is 0.0774. The second kappa shape index (κ2) is 14.2. The molecule has 4 heterocycles. The molecule has 1 amide bonds. The number of hydrogen-bond donors (Lipinski definition) is 0. The molecule has 2 fully saturated rings. The molecule has 9 nitrogen and oxygen atoms in total. The Hall–Kier alpha value is -3.99. The van der Waals surface area contributed by atoms with E-state index in [0.29, 0.717) is 36.0 Å². The number of carbonyl (C=O) groups is 1. The molecule has 1 unspecified atom stereocenters. The number of para-hydroxylation sites is 1. The molecular formula is C36H41N5O4S. The first-order chi connectivity index (χ1) is 22.6. The van der Waals surface area contributed by atoms with Gasteiger partial charge in [-0.2, -0.15) is 0 Å². The minimum atomic E-state index is 0.0262. The zero-order valence-corrected chi connectivity index (χ0v) is 27.2. The Labute approximate surface area is 274 Å². The van der Waals surface area contributed by atoms with Gasteiger partial charge in [-0.05, 0) is 68.1 Å². The van der Waals surface area contributed by atoms with Gasteiger partial charge in [-0.3, -0.25) is 9.79 Å². The summed E-state index contributed by atoms with van der Waals surface area (Å²) in [5.41, 5.74) is 3.42. The van der Waals surface area contributed by atoms with Gasteiger partial charge < -0.3 is 28.9 Å². The SMILES string of the molecule is COc1cc2c(cc1OCCCN1CCN(CCCOc3ccc(-c4nc5ccccc5s4)cc3)CC1)N=CC1CCCN1C2=O. The average Bonchev–Trinajstić information content (AvgIpc) is 3.73. The topological polar surface area (TPSA) is 79.7 Å². The monoisotopic (exact) mass is 639 g/mol. The number of hydrogen-bond acceptors (Lipinski definition) is 9. The first-order valence-corrected chi connectivity index (χ1v) is 17.2. The van der Waals surface area contributed by atoms with Gasteiger partial charge in [-0.15, -0.1) is 11.3 Å². The number of methoxy groups -OCH3 is 1. The molecule has 7 rings (SSSR count). The smallest absolute Gasteiger partial charge is 0.256 e. The first kappa shape index (κ1) is 30.7. The van der Waals surface area contributed by atoms with Crippen molar-refractivity contribution in [1.82, 2.24) is 19.7 Å². The van der Waals surface area contributed by atoms with Crippen molar-refractivity contribution < 1.29 is 19.0 Å². The van der Waals surface area contributed by atoms with Crippen LogP contribution in [0.3, 0.4) is 0 Å². The van der Waals surface area contributed by atoms with Crippen LogP contribution in [0.25, 0.3) is 20.8 Å². The van der Waals surface area contributed by atoms with E-state index in [2.05, 4.69) is 45.1 Å². The van der Waals surface area contributed by atoms with Crippen molar-refractivity contribution >= 4 is 39.4 Å². The summed E-state index contributed by atoms with van der Waals surface area (Å²) in [7, 11) is 1.62. The van der Waals surface area contributed by atoms with Crippen molar-refractivity contribution in [1.29, 1.82) is 0 Å². The largest absolute Gasteiger partial charge is 0.494 e. The summed E-state index contributed by atoms with van der Waals surface area (Å²) in [6, 6.07) is 20.3. The van der Waals surface area contributed by atoms with Gasteiger partial charge in [-0.1, -0.05) is 12.1 Å². The van der Waals surface area contributed by atoms with Crippen LogP contribution in [0, 0.1) is 0 Å². The average molecular weight is 640 g/mol. The van der Waals surface area contributed by atoms with Crippen LogP contribution in [0.15, 0.2) is 65.7 Å². The molecular weight excluding hydrogens is 598 g/mol. The maximum atomic E-state index is 13.1. The number of thiazole rings is 1. The lowest BCUT2D eigenvalue weighted by Gasteiger charge is -2.34. The minimum Gasteiger partial charge on any atom is -0.494 e. The number of aromatic nitrogens is 1. The molecule has 0 bridgehead atoms. The van der Waals surface area contributed by atoms with E-state index in [1.807, 2.05) is 35.4 Å². The molecule has 0 spiro atoms. The number of carbonyl (C=O) groups excluding carboxylic acids is 1. The quantitative estimate of drug-likeness (QED) is 0.172. The predicted molar refractivity (Wildman–Crippen MR) is 183 cm³/mol. The minimum absolute atomic E-state index is 0.0262. The normalized spacial score (nSPS) is 18.4. The van der Waals surface area contributed by atoms with Crippen molar-refractivity contribution in [3.8, 4) is 27.8 Å². The van der Waals surface area contributed by atoms with Crippen molar-refractivity contribution in [3.63, 3.8) is 0 Å².